The fraction of sp³-hybridized carbons (Fsp3) is 0.458. The minimum atomic E-state index is -0.0208. The zero-order valence-corrected chi connectivity index (χ0v) is 17.7. The quantitative estimate of drug-likeness (QED) is 0.161. The van der Waals surface area contributed by atoms with Crippen LogP contribution in [0.25, 0.3) is 0 Å². The van der Waals surface area contributed by atoms with Crippen molar-refractivity contribution in [2.45, 2.75) is 59.8 Å². The Kier molecular flexibility index (Phi) is 13.5. The van der Waals surface area contributed by atoms with E-state index in [2.05, 4.69) is 36.2 Å². The summed E-state index contributed by atoms with van der Waals surface area (Å²) in [6.45, 7) is 15.5. The number of carbonyl (C=O) groups excluding carboxylic acids is 1. The van der Waals surface area contributed by atoms with E-state index in [-0.39, 0.29) is 11.7 Å². The summed E-state index contributed by atoms with van der Waals surface area (Å²) in [4.78, 5) is 17.0. The van der Waals surface area contributed by atoms with E-state index < -0.39 is 0 Å². The first kappa shape index (κ1) is 24.6. The van der Waals surface area contributed by atoms with E-state index in [1.807, 2.05) is 39.0 Å². The molecular weight excluding hydrogens is 334 g/mol. The van der Waals surface area contributed by atoms with Crippen molar-refractivity contribution in [2.75, 3.05) is 7.11 Å². The highest BCUT2D eigenvalue weighted by atomic mass is 16.6. The first-order valence-corrected chi connectivity index (χ1v) is 9.56. The van der Waals surface area contributed by atoms with Crippen LogP contribution in [0.3, 0.4) is 0 Å². The van der Waals surface area contributed by atoms with Crippen molar-refractivity contribution in [3.63, 3.8) is 0 Å². The number of hydrogen-bond acceptors (Lipinski definition) is 3. The van der Waals surface area contributed by atoms with Crippen LogP contribution < -0.4 is 0 Å². The van der Waals surface area contributed by atoms with E-state index in [4.69, 9.17) is 4.84 Å². The third-order valence-corrected chi connectivity index (χ3v) is 4.30. The van der Waals surface area contributed by atoms with Crippen molar-refractivity contribution in [3.8, 4) is 0 Å². The van der Waals surface area contributed by atoms with Gasteiger partial charge in [0.1, 0.15) is 12.8 Å². The third kappa shape index (κ3) is 11.0. The van der Waals surface area contributed by atoms with Crippen LogP contribution in [0.1, 0.15) is 59.8 Å². The zero-order valence-electron chi connectivity index (χ0n) is 17.7. The molecule has 0 aromatic rings. The topological polar surface area (TPSA) is 38.7 Å². The molecule has 0 saturated carbocycles. The fourth-order valence-electron chi connectivity index (χ4n) is 2.63. The van der Waals surface area contributed by atoms with E-state index in [0.29, 0.717) is 5.71 Å². The predicted octanol–water partition coefficient (Wildman–Crippen LogP) is 6.51. The van der Waals surface area contributed by atoms with Crippen molar-refractivity contribution in [3.05, 3.63) is 66.0 Å². The van der Waals surface area contributed by atoms with E-state index in [1.165, 1.54) is 18.3 Å². The van der Waals surface area contributed by atoms with Crippen molar-refractivity contribution in [1.29, 1.82) is 0 Å². The Bertz CT molecular complexity index is 656. The first-order chi connectivity index (χ1) is 12.9. The molecule has 3 nitrogen and oxygen atoms in total. The van der Waals surface area contributed by atoms with Gasteiger partial charge in [-0.15, -0.1) is 5.73 Å². The summed E-state index contributed by atoms with van der Waals surface area (Å²) < 4.78 is 0. The Hall–Kier alpha value is -2.38. The van der Waals surface area contributed by atoms with Gasteiger partial charge in [-0.05, 0) is 70.6 Å². The second kappa shape index (κ2) is 14.8. The van der Waals surface area contributed by atoms with Crippen LogP contribution in [0.2, 0.25) is 0 Å². The molecule has 1 atom stereocenters. The highest BCUT2D eigenvalue weighted by Gasteiger charge is 2.18. The summed E-state index contributed by atoms with van der Waals surface area (Å²) in [5, 5.41) is 3.76. The van der Waals surface area contributed by atoms with Gasteiger partial charge in [-0.3, -0.25) is 4.79 Å². The van der Waals surface area contributed by atoms with Gasteiger partial charge in [0.2, 0.25) is 0 Å². The Morgan fingerprint density at radius 1 is 1.22 bits per heavy atom. The molecule has 0 bridgehead atoms. The maximum atomic E-state index is 12.3. The van der Waals surface area contributed by atoms with Gasteiger partial charge in [-0.1, -0.05) is 54.6 Å². The summed E-state index contributed by atoms with van der Waals surface area (Å²) in [6, 6.07) is 0. The van der Waals surface area contributed by atoms with Crippen molar-refractivity contribution < 1.29 is 9.63 Å². The molecule has 0 aliphatic carbocycles. The maximum Gasteiger partial charge on any atom is 0.183 e. The molecule has 0 N–H and O–H groups in total. The smallest absolute Gasteiger partial charge is 0.183 e. The molecule has 0 heterocycles. The lowest BCUT2D eigenvalue weighted by Gasteiger charge is -2.12. The number of allylic oxidation sites excluding steroid dienone is 7. The van der Waals surface area contributed by atoms with Crippen molar-refractivity contribution >= 4 is 11.5 Å². The number of ketones is 1. The molecule has 0 aliphatic rings. The molecule has 0 spiro atoms. The molecule has 0 amide bonds. The normalized spacial score (nSPS) is 13.4. The lowest BCUT2D eigenvalue weighted by molar-refractivity contribution is -0.116. The number of nitrogens with zero attached hydrogens (tertiary/aromatic N) is 1. The largest absolute Gasteiger partial charge is 0.399 e. The summed E-state index contributed by atoms with van der Waals surface area (Å²) in [5.41, 5.74) is 7.01. The van der Waals surface area contributed by atoms with Crippen LogP contribution in [0.5, 0.6) is 0 Å². The van der Waals surface area contributed by atoms with E-state index >= 15 is 0 Å². The Morgan fingerprint density at radius 2 is 1.89 bits per heavy atom. The number of rotatable bonds is 13. The van der Waals surface area contributed by atoms with Crippen LogP contribution in [-0.2, 0) is 9.63 Å². The standard InChI is InChI=1S/C24H35NO2/c1-8-21(14-11-13-19(4)5)17-18-22(9-2)15-12-16-23(10-3)24(26)20(6)25-27-7/h8-9,13-15,23H,2,4,10,12,16-18H2,1,3,5-7H3/b21-8+,22-15?,25-20+. The molecule has 0 radical (unpaired) electrons. The van der Waals surface area contributed by atoms with Crippen LogP contribution in [0.4, 0.5) is 0 Å². The Labute approximate surface area is 165 Å². The number of hydrogen-bond donors (Lipinski definition) is 0. The summed E-state index contributed by atoms with van der Waals surface area (Å²) in [7, 11) is 1.46. The highest BCUT2D eigenvalue weighted by molar-refractivity contribution is 6.39. The van der Waals surface area contributed by atoms with Gasteiger partial charge in [-0.2, -0.15) is 0 Å². The van der Waals surface area contributed by atoms with Gasteiger partial charge in [0.05, 0.1) is 0 Å². The summed E-state index contributed by atoms with van der Waals surface area (Å²) >= 11 is 0. The molecule has 0 aromatic carbocycles. The molecule has 0 aliphatic heterocycles. The van der Waals surface area contributed by atoms with Crippen LogP contribution in [0, 0.1) is 5.92 Å². The molecule has 0 saturated heterocycles. The summed E-state index contributed by atoms with van der Waals surface area (Å²) in [6.07, 6.45) is 14.4. The van der Waals surface area contributed by atoms with Crippen molar-refractivity contribution in [2.24, 2.45) is 11.1 Å². The first-order valence-electron chi connectivity index (χ1n) is 9.56. The average molecular weight is 370 g/mol. The van der Waals surface area contributed by atoms with Crippen LogP contribution >= 0.6 is 0 Å². The Balaban J connectivity index is 4.76. The van der Waals surface area contributed by atoms with E-state index in [9.17, 15) is 4.79 Å². The maximum absolute atomic E-state index is 12.3. The molecule has 0 fully saturated rings. The predicted molar refractivity (Wildman–Crippen MR) is 117 cm³/mol. The van der Waals surface area contributed by atoms with E-state index in [0.717, 1.165) is 37.7 Å². The zero-order chi connectivity index (χ0) is 20.7. The second-order valence-corrected chi connectivity index (χ2v) is 6.55. The minimum absolute atomic E-state index is 0.0208. The molecule has 0 rings (SSSR count). The minimum Gasteiger partial charge on any atom is -0.399 e. The van der Waals surface area contributed by atoms with Crippen molar-refractivity contribution in [1.82, 2.24) is 0 Å². The number of Topliss-reactive ketones (excluding diaryl/α,β-unsaturated/α-hetero) is 1. The molecule has 27 heavy (non-hydrogen) atoms. The highest BCUT2D eigenvalue weighted by Crippen LogP contribution is 2.18. The Morgan fingerprint density at radius 3 is 2.41 bits per heavy atom. The molecule has 1 unspecified atom stereocenters. The average Bonchev–Trinajstić information content (AvgIpc) is 2.65. The van der Waals surface area contributed by atoms with Crippen LogP contribution in [0.15, 0.2) is 71.1 Å². The van der Waals surface area contributed by atoms with Gasteiger partial charge in [0, 0.05) is 5.92 Å². The lowest BCUT2D eigenvalue weighted by Crippen LogP contribution is -2.21. The van der Waals surface area contributed by atoms with E-state index in [1.54, 1.807) is 6.92 Å². The number of oxime groups is 1. The lowest BCUT2D eigenvalue weighted by atomic mass is 9.92. The van der Waals surface area contributed by atoms with Crippen LogP contribution in [-0.4, -0.2) is 18.6 Å². The van der Waals surface area contributed by atoms with Gasteiger partial charge < -0.3 is 4.84 Å². The SMILES string of the molecule is C=CC(=CCCC(CC)C(=O)/C(C)=N/OC)CC/C(C=C=CC(=C)C)=C/C. The molecule has 3 heteroatoms. The third-order valence-electron chi connectivity index (χ3n) is 4.30. The molecular formula is C24H35NO2. The number of carbonyl (C=O) groups is 1. The van der Waals surface area contributed by atoms with Gasteiger partial charge in [-0.25, -0.2) is 0 Å². The fourth-order valence-corrected chi connectivity index (χ4v) is 2.63. The van der Waals surface area contributed by atoms with Gasteiger partial charge in [0.25, 0.3) is 0 Å². The molecule has 148 valence electrons. The second-order valence-electron chi connectivity index (χ2n) is 6.55. The monoisotopic (exact) mass is 369 g/mol. The van der Waals surface area contributed by atoms with Gasteiger partial charge in [0.15, 0.2) is 5.78 Å². The van der Waals surface area contributed by atoms with Gasteiger partial charge >= 0.3 is 0 Å². The summed E-state index contributed by atoms with van der Waals surface area (Å²) in [5.74, 6) is 0.0473. The molecule has 0 aromatic heterocycles.